The van der Waals surface area contributed by atoms with Crippen molar-refractivity contribution in [3.05, 3.63) is 23.3 Å². The van der Waals surface area contributed by atoms with Gasteiger partial charge in [0.2, 0.25) is 0 Å². The zero-order valence-corrected chi connectivity index (χ0v) is 9.48. The van der Waals surface area contributed by atoms with Crippen molar-refractivity contribution < 1.29 is 9.90 Å². The van der Waals surface area contributed by atoms with E-state index in [0.29, 0.717) is 29.1 Å². The Morgan fingerprint density at radius 2 is 2.12 bits per heavy atom. The predicted octanol–water partition coefficient (Wildman–Crippen LogP) is 1.77. The van der Waals surface area contributed by atoms with Gasteiger partial charge in [-0.15, -0.1) is 0 Å². The van der Waals surface area contributed by atoms with E-state index in [1.54, 1.807) is 13.1 Å². The summed E-state index contributed by atoms with van der Waals surface area (Å²) < 4.78 is 1.83. The molecule has 0 aromatic carbocycles. The third kappa shape index (κ3) is 1.44. The zero-order chi connectivity index (χ0) is 11.9. The van der Waals surface area contributed by atoms with Gasteiger partial charge in [-0.3, -0.25) is 0 Å². The van der Waals surface area contributed by atoms with Crippen LogP contribution in [0.3, 0.4) is 0 Å². The van der Waals surface area contributed by atoms with E-state index >= 15 is 0 Å². The molecule has 0 aliphatic rings. The molecule has 0 aliphatic carbocycles. The number of carbonyl (C=O) groups is 1. The molecule has 0 atom stereocenters. The van der Waals surface area contributed by atoms with Gasteiger partial charge >= 0.3 is 5.97 Å². The molecule has 5 heteroatoms. The third-order valence-corrected chi connectivity index (χ3v) is 2.58. The van der Waals surface area contributed by atoms with E-state index in [2.05, 4.69) is 9.97 Å². The van der Waals surface area contributed by atoms with Gasteiger partial charge in [0.25, 0.3) is 0 Å². The van der Waals surface area contributed by atoms with E-state index in [0.717, 1.165) is 0 Å². The second kappa shape index (κ2) is 3.59. The molecular weight excluding hydrogens is 206 g/mol. The normalized spacial score (nSPS) is 10.9. The molecule has 0 amide bonds. The van der Waals surface area contributed by atoms with Crippen molar-refractivity contribution in [3.63, 3.8) is 0 Å². The fourth-order valence-corrected chi connectivity index (χ4v) is 1.90. The fraction of sp³-hybridized carbons (Fsp3) is 0.364. The first-order valence-electron chi connectivity index (χ1n) is 5.12. The Hall–Kier alpha value is -1.91. The minimum absolute atomic E-state index is 0.273. The number of rotatable bonds is 2. The minimum atomic E-state index is -0.937. The molecule has 0 radical (unpaired) electrons. The summed E-state index contributed by atoms with van der Waals surface area (Å²) in [6, 6.07) is 0. The third-order valence-electron chi connectivity index (χ3n) is 2.58. The second-order valence-electron chi connectivity index (χ2n) is 3.69. The van der Waals surface area contributed by atoms with Gasteiger partial charge in [0.1, 0.15) is 11.5 Å². The summed E-state index contributed by atoms with van der Waals surface area (Å²) in [6.07, 6.45) is 1.62. The average Bonchev–Trinajstić information content (AvgIpc) is 2.56. The lowest BCUT2D eigenvalue weighted by Gasteiger charge is -2.02. The molecule has 84 valence electrons. The molecule has 0 unspecified atom stereocenters. The molecule has 0 spiro atoms. The van der Waals surface area contributed by atoms with Crippen LogP contribution in [-0.4, -0.2) is 25.6 Å². The van der Waals surface area contributed by atoms with Gasteiger partial charge in [0.05, 0.1) is 16.6 Å². The van der Waals surface area contributed by atoms with Crippen molar-refractivity contribution in [2.45, 2.75) is 27.3 Å². The molecule has 2 aromatic rings. The second-order valence-corrected chi connectivity index (χ2v) is 3.69. The van der Waals surface area contributed by atoms with Crippen LogP contribution >= 0.6 is 0 Å². The van der Waals surface area contributed by atoms with Crippen LogP contribution in [-0.2, 0) is 6.54 Å². The maximum atomic E-state index is 11.1. The Morgan fingerprint density at radius 1 is 1.44 bits per heavy atom. The molecule has 2 heterocycles. The van der Waals surface area contributed by atoms with Crippen LogP contribution in [0, 0.1) is 13.8 Å². The molecular formula is C11H13N3O2. The number of fused-ring (bicyclic) bond motifs is 1. The summed E-state index contributed by atoms with van der Waals surface area (Å²) in [4.78, 5) is 19.6. The molecule has 0 bridgehead atoms. The van der Waals surface area contributed by atoms with Crippen LogP contribution in [0.5, 0.6) is 0 Å². The largest absolute Gasteiger partial charge is 0.478 e. The van der Waals surface area contributed by atoms with E-state index < -0.39 is 5.97 Å². The number of hydrogen-bond donors (Lipinski definition) is 1. The summed E-state index contributed by atoms with van der Waals surface area (Å²) in [7, 11) is 0. The van der Waals surface area contributed by atoms with Crippen LogP contribution in [0.15, 0.2) is 6.20 Å². The van der Waals surface area contributed by atoms with E-state index in [-0.39, 0.29) is 5.56 Å². The van der Waals surface area contributed by atoms with Gasteiger partial charge in [0, 0.05) is 12.7 Å². The van der Waals surface area contributed by atoms with E-state index in [1.807, 2.05) is 18.4 Å². The van der Waals surface area contributed by atoms with Crippen molar-refractivity contribution in [2.75, 3.05) is 0 Å². The molecule has 0 saturated carbocycles. The number of nitrogens with zero attached hydrogens (tertiary/aromatic N) is 3. The van der Waals surface area contributed by atoms with Crippen LogP contribution in [0.2, 0.25) is 0 Å². The molecule has 5 nitrogen and oxygen atoms in total. The highest BCUT2D eigenvalue weighted by Crippen LogP contribution is 2.22. The zero-order valence-electron chi connectivity index (χ0n) is 9.48. The number of hydrogen-bond acceptors (Lipinski definition) is 3. The predicted molar refractivity (Wildman–Crippen MR) is 59.6 cm³/mol. The Balaban J connectivity index is 2.90. The quantitative estimate of drug-likeness (QED) is 0.835. The molecule has 2 aromatic heterocycles. The highest BCUT2D eigenvalue weighted by atomic mass is 16.4. The first kappa shape index (κ1) is 10.6. The van der Waals surface area contributed by atoms with Gasteiger partial charge in [-0.25, -0.2) is 14.8 Å². The van der Waals surface area contributed by atoms with E-state index in [9.17, 15) is 4.79 Å². The van der Waals surface area contributed by atoms with Crippen molar-refractivity contribution in [2.24, 2.45) is 0 Å². The number of aryl methyl sites for hydroxylation is 3. The first-order chi connectivity index (χ1) is 7.54. The molecule has 0 fully saturated rings. The molecule has 0 saturated heterocycles. The molecule has 1 N–H and O–H groups in total. The van der Waals surface area contributed by atoms with Crippen LogP contribution in [0.25, 0.3) is 11.0 Å². The summed E-state index contributed by atoms with van der Waals surface area (Å²) in [5.41, 5.74) is 1.69. The Morgan fingerprint density at radius 3 is 2.69 bits per heavy atom. The summed E-state index contributed by atoms with van der Waals surface area (Å²) >= 11 is 0. The maximum absolute atomic E-state index is 11.1. The number of aromatic nitrogens is 3. The summed E-state index contributed by atoms with van der Waals surface area (Å²) in [5, 5.41) is 9.76. The maximum Gasteiger partial charge on any atom is 0.338 e. The number of carboxylic acids is 1. The lowest BCUT2D eigenvalue weighted by Crippen LogP contribution is -1.98. The van der Waals surface area contributed by atoms with Crippen molar-refractivity contribution >= 4 is 17.0 Å². The lowest BCUT2D eigenvalue weighted by molar-refractivity contribution is 0.0698. The van der Waals surface area contributed by atoms with Crippen molar-refractivity contribution in [1.29, 1.82) is 0 Å². The van der Waals surface area contributed by atoms with Crippen LogP contribution < -0.4 is 0 Å². The lowest BCUT2D eigenvalue weighted by atomic mass is 10.2. The topological polar surface area (TPSA) is 68.0 Å². The SMILES string of the molecule is CCn1cc(C(=O)O)c2c(C)nc(C)nc21. The molecule has 16 heavy (non-hydrogen) atoms. The van der Waals surface area contributed by atoms with E-state index in [4.69, 9.17) is 5.11 Å². The number of carboxylic acid groups (broad SMARTS) is 1. The molecule has 0 aliphatic heterocycles. The monoisotopic (exact) mass is 219 g/mol. The molecule has 2 rings (SSSR count). The van der Waals surface area contributed by atoms with Gasteiger partial charge < -0.3 is 9.67 Å². The minimum Gasteiger partial charge on any atom is -0.478 e. The van der Waals surface area contributed by atoms with E-state index in [1.165, 1.54) is 0 Å². The standard InChI is InChI=1S/C11H13N3O2/c1-4-14-5-8(11(15)16)9-6(2)12-7(3)13-10(9)14/h5H,4H2,1-3H3,(H,15,16). The summed E-state index contributed by atoms with van der Waals surface area (Å²) in [6.45, 7) is 6.26. The van der Waals surface area contributed by atoms with Crippen molar-refractivity contribution in [3.8, 4) is 0 Å². The fourth-order valence-electron chi connectivity index (χ4n) is 1.90. The van der Waals surface area contributed by atoms with Gasteiger partial charge in [-0.1, -0.05) is 0 Å². The summed E-state index contributed by atoms with van der Waals surface area (Å²) in [5.74, 6) is -0.275. The van der Waals surface area contributed by atoms with Crippen LogP contribution in [0.1, 0.15) is 28.8 Å². The van der Waals surface area contributed by atoms with Gasteiger partial charge in [-0.05, 0) is 20.8 Å². The Kier molecular flexibility index (Phi) is 2.38. The first-order valence-corrected chi connectivity index (χ1v) is 5.12. The Labute approximate surface area is 92.8 Å². The van der Waals surface area contributed by atoms with Crippen molar-refractivity contribution in [1.82, 2.24) is 14.5 Å². The smallest absolute Gasteiger partial charge is 0.338 e. The average molecular weight is 219 g/mol. The van der Waals surface area contributed by atoms with Crippen LogP contribution in [0.4, 0.5) is 0 Å². The van der Waals surface area contributed by atoms with Gasteiger partial charge in [-0.2, -0.15) is 0 Å². The Bertz CT molecular complexity index is 572. The number of aromatic carboxylic acids is 1. The van der Waals surface area contributed by atoms with Gasteiger partial charge in [0.15, 0.2) is 0 Å². The highest BCUT2D eigenvalue weighted by molar-refractivity contribution is 6.03. The highest BCUT2D eigenvalue weighted by Gasteiger charge is 2.17.